The molecule has 5 rings (SSSR count). The van der Waals surface area contributed by atoms with Gasteiger partial charge in [0.25, 0.3) is 5.91 Å². The van der Waals surface area contributed by atoms with Crippen molar-refractivity contribution in [1.29, 1.82) is 0 Å². The van der Waals surface area contributed by atoms with Crippen LogP contribution in [0.3, 0.4) is 0 Å². The van der Waals surface area contributed by atoms with E-state index in [1.165, 1.54) is 39.8 Å². The van der Waals surface area contributed by atoms with Crippen molar-refractivity contribution in [3.05, 3.63) is 84.1 Å². The lowest BCUT2D eigenvalue weighted by Gasteiger charge is -2.35. The number of likely N-dealkylation sites (N-methyl/N-ethyl adjacent to an activating group) is 1. The van der Waals surface area contributed by atoms with Crippen LogP contribution < -0.4 is 63.8 Å². The molecule has 34 nitrogen and oxygen atoms in total. The number of amides is 14. The second-order valence-corrected chi connectivity index (χ2v) is 31.2. The van der Waals surface area contributed by atoms with Crippen LogP contribution >= 0.6 is 21.6 Å². The smallest absolute Gasteiger partial charge is 0.331 e. The first kappa shape index (κ1) is 92.9. The highest BCUT2D eigenvalue weighted by Gasteiger charge is 2.45. The molecule has 3 saturated heterocycles. The highest BCUT2D eigenvalue weighted by molar-refractivity contribution is 8.76. The summed E-state index contributed by atoms with van der Waals surface area (Å²) < 4.78 is 11.5. The SMILES string of the molecule is C=C1NC(=O)[C@H]([C@@H](C)CC)NC(=O)[C@@H]2CSSC[C@H](NC(=O)CCC(=O)O)C(=O)N[C@H](Cc3ccccc3)C(=O)N[C@H](C)C(=O)N[C@@H](C[C@@H](C)CC)C(=O)N[C@@H](C(=O)N[C@H](Cc3ccccc3)C(=O)N3CCC[C@H]3C(=O)N2)[C@@H](C)OC(=O)[C@H](CO)NC(=O)[C@H]([C@@H](C)OC)N(C)C(=O)[C@@H](CC)NC(=O)[C@H](C[C@H](C)CC)NC1=O. The fraction of sp³-hybridized carbons (Fsp3) is 0.605. The first-order valence-electron chi connectivity index (χ1n) is 37.9. The molecule has 14 amide bonds. The monoisotopic (exact) mass is 1600 g/mol. The summed E-state index contributed by atoms with van der Waals surface area (Å²) in [6.45, 7) is 18.5. The molecule has 3 heterocycles. The van der Waals surface area contributed by atoms with Crippen molar-refractivity contribution >= 4 is 116 Å². The van der Waals surface area contributed by atoms with Gasteiger partial charge in [-0.1, -0.05) is 157 Å². The molecule has 112 heavy (non-hydrogen) atoms. The topological polar surface area (TPSA) is 483 Å². The summed E-state index contributed by atoms with van der Waals surface area (Å²) >= 11 is 0. The number of benzene rings is 2. The van der Waals surface area contributed by atoms with E-state index in [2.05, 4.69) is 70.4 Å². The zero-order valence-electron chi connectivity index (χ0n) is 65.6. The Morgan fingerprint density at radius 1 is 0.598 bits per heavy atom. The molecule has 3 fully saturated rings. The van der Waals surface area contributed by atoms with Gasteiger partial charge in [-0.2, -0.15) is 0 Å². The molecule has 14 N–H and O–H groups in total. The molecule has 0 spiro atoms. The Morgan fingerprint density at radius 2 is 1.14 bits per heavy atom. The minimum absolute atomic E-state index is 0.00784. The van der Waals surface area contributed by atoms with Crippen LogP contribution in [0.4, 0.5) is 0 Å². The van der Waals surface area contributed by atoms with E-state index in [4.69, 9.17) is 9.47 Å². The molecule has 0 aromatic heterocycles. The van der Waals surface area contributed by atoms with Crippen molar-refractivity contribution in [2.45, 2.75) is 237 Å². The molecular weight excluding hydrogens is 1490 g/mol. The lowest BCUT2D eigenvalue weighted by molar-refractivity contribution is -0.158. The third kappa shape index (κ3) is 27.9. The Labute approximate surface area is 660 Å². The maximum atomic E-state index is 15.5. The zero-order chi connectivity index (χ0) is 83.2. The van der Waals surface area contributed by atoms with Gasteiger partial charge in [-0.3, -0.25) is 71.9 Å². The summed E-state index contributed by atoms with van der Waals surface area (Å²) in [7, 11) is 4.23. The largest absolute Gasteiger partial charge is 0.481 e. The van der Waals surface area contributed by atoms with Crippen LogP contribution in [0, 0.1) is 17.8 Å². The van der Waals surface area contributed by atoms with Crippen molar-refractivity contribution < 1.29 is 96.4 Å². The van der Waals surface area contributed by atoms with Crippen LogP contribution in [-0.2, 0) is 99.0 Å². The van der Waals surface area contributed by atoms with Gasteiger partial charge >= 0.3 is 11.9 Å². The molecule has 0 unspecified atom stereocenters. The van der Waals surface area contributed by atoms with Crippen molar-refractivity contribution in [3.63, 3.8) is 0 Å². The summed E-state index contributed by atoms with van der Waals surface area (Å²) in [5, 5.41) is 51.7. The molecular formula is C76H112N14O20S2. The maximum Gasteiger partial charge on any atom is 0.331 e. The number of aliphatic hydroxyl groups is 1. The molecule has 618 valence electrons. The Bertz CT molecular complexity index is 3660. The minimum Gasteiger partial charge on any atom is -0.481 e. The van der Waals surface area contributed by atoms with Crippen LogP contribution in [0.5, 0.6) is 0 Å². The molecule has 36 heteroatoms. The number of carboxylic acids is 1. The number of methoxy groups -OCH3 is 1. The van der Waals surface area contributed by atoms with Gasteiger partial charge in [0, 0.05) is 51.5 Å². The number of aliphatic hydroxyl groups excluding tert-OH is 1. The number of carbonyl (C=O) groups excluding carboxylic acids is 15. The van der Waals surface area contributed by atoms with Crippen molar-refractivity contribution in [3.8, 4) is 0 Å². The summed E-state index contributed by atoms with van der Waals surface area (Å²) in [6, 6.07) is -4.09. The number of nitrogens with zero attached hydrogens (tertiary/aromatic N) is 2. The van der Waals surface area contributed by atoms with E-state index in [1.807, 2.05) is 6.92 Å². The molecule has 3 aliphatic rings. The van der Waals surface area contributed by atoms with E-state index >= 15 is 24.0 Å². The summed E-state index contributed by atoms with van der Waals surface area (Å²) in [5.41, 5.74) is 0.409. The van der Waals surface area contributed by atoms with E-state index in [-0.39, 0.29) is 75.5 Å². The van der Waals surface area contributed by atoms with Gasteiger partial charge in [-0.15, -0.1) is 0 Å². The van der Waals surface area contributed by atoms with Crippen LogP contribution in [0.15, 0.2) is 72.9 Å². The fourth-order valence-electron chi connectivity index (χ4n) is 12.5. The van der Waals surface area contributed by atoms with Gasteiger partial charge in [-0.05, 0) is 81.8 Å². The number of rotatable bonds is 20. The first-order chi connectivity index (χ1) is 53.1. The van der Waals surface area contributed by atoms with Crippen LogP contribution in [0.1, 0.15) is 145 Å². The second kappa shape index (κ2) is 45.7. The molecule has 0 aliphatic carbocycles. The number of aliphatic carboxylic acids is 1. The lowest BCUT2D eigenvalue weighted by Crippen LogP contribution is -2.63. The Balaban J connectivity index is 1.80. The molecule has 0 radical (unpaired) electrons. The van der Waals surface area contributed by atoms with Crippen molar-refractivity contribution in [1.82, 2.24) is 73.6 Å². The molecule has 2 aromatic carbocycles. The second-order valence-electron chi connectivity index (χ2n) is 28.7. The number of esters is 1. The fourth-order valence-corrected chi connectivity index (χ4v) is 14.8. The summed E-state index contributed by atoms with van der Waals surface area (Å²) in [5.74, 6) is -18.4. The predicted octanol–water partition coefficient (Wildman–Crippen LogP) is -0.167. The van der Waals surface area contributed by atoms with Gasteiger partial charge < -0.3 is 93.3 Å². The van der Waals surface area contributed by atoms with E-state index in [0.717, 1.165) is 26.5 Å². The third-order valence-electron chi connectivity index (χ3n) is 20.1. The number of cyclic esters (lactones) is 1. The normalized spacial score (nSPS) is 27.5. The molecule has 2 bridgehead atoms. The quantitative estimate of drug-likeness (QED) is 0.0465. The van der Waals surface area contributed by atoms with Gasteiger partial charge in [-0.25, -0.2) is 4.79 Å². The van der Waals surface area contributed by atoms with Crippen molar-refractivity contribution in [2.24, 2.45) is 17.8 Å². The number of hydrogen-bond acceptors (Lipinski definition) is 21. The Kier molecular flexibility index (Phi) is 37.9. The molecule has 2 aromatic rings. The minimum atomic E-state index is -2.04. The number of ether oxygens (including phenoxy) is 2. The highest BCUT2D eigenvalue weighted by Crippen LogP contribution is 2.27. The van der Waals surface area contributed by atoms with E-state index < -0.39 is 222 Å². The summed E-state index contributed by atoms with van der Waals surface area (Å²) in [4.78, 5) is 235. The van der Waals surface area contributed by atoms with Crippen LogP contribution in [0.2, 0.25) is 0 Å². The standard InChI is InChI=1S/C76H112N14O20S2/c1-14-40(5)33-50-66(98)80-49(17-4)74(106)89(12)62(46(11)109-13)73(105)85-54(37-91)76(108)110-45(10)61-72(104)84-53(36-48-27-22-19-23-28-48)75(107)90-32-24-29-57(90)70(102)86-56(69(101)87-60(42(7)16-3)71(103)78-44(9)64(96)81-50)39-112-111-38-55(79-58(92)30-31-59(93)94)68(100)83-52(35-47-25-20-18-21-26-47)65(97)77-43(8)63(95)82-51(67(99)88-61)34-41(6)15-2/h18-23,25-28,40-43,45-46,49-57,60-62,91H,9,14-17,24,29-39H2,1-8,10-13H3,(H,77,97)(H,78,103)(H,79,92)(H,80,98)(H,81,96)(H,82,95)(H,83,100)(H,84,104)(H,85,105)(H,86,102)(H,87,101)(H,88,99)(H,93,94)/t40-,41+,42+,43-,45-,46-,49-,50+,51+,52-,53-,54+,55+,56+,57+,60+,61-,62+/m1/s1. The van der Waals surface area contributed by atoms with Crippen LogP contribution in [0.25, 0.3) is 0 Å². The molecule has 3 aliphatic heterocycles. The predicted molar refractivity (Wildman–Crippen MR) is 415 cm³/mol. The Hall–Kier alpha value is -9.68. The average Bonchev–Trinajstić information content (AvgIpc) is 1.43. The third-order valence-corrected chi connectivity index (χ3v) is 22.5. The van der Waals surface area contributed by atoms with Crippen LogP contribution in [-0.4, -0.2) is 244 Å². The number of carbonyl (C=O) groups is 16. The van der Waals surface area contributed by atoms with E-state index in [0.29, 0.717) is 24.0 Å². The average molecular weight is 1610 g/mol. The zero-order valence-corrected chi connectivity index (χ0v) is 67.3. The van der Waals surface area contributed by atoms with E-state index in [1.54, 1.807) is 102 Å². The summed E-state index contributed by atoms with van der Waals surface area (Å²) in [6.07, 6.45) is -3.60. The van der Waals surface area contributed by atoms with Gasteiger partial charge in [0.05, 0.1) is 24.8 Å². The molecule has 0 saturated carbocycles. The van der Waals surface area contributed by atoms with Crippen molar-refractivity contribution in [2.75, 3.05) is 38.8 Å². The number of carboxylic acid groups (broad SMARTS) is 1. The van der Waals surface area contributed by atoms with Gasteiger partial charge in [0.1, 0.15) is 78.6 Å². The molecule has 18 atom stereocenters. The van der Waals surface area contributed by atoms with Gasteiger partial charge in [0.15, 0.2) is 6.04 Å². The lowest BCUT2D eigenvalue weighted by atomic mass is 9.97. The number of nitrogens with one attached hydrogen (secondary N) is 12. The van der Waals surface area contributed by atoms with Gasteiger partial charge in [0.2, 0.25) is 76.8 Å². The number of fused-ring (bicyclic) bond motifs is 6. The maximum absolute atomic E-state index is 15.5. The van der Waals surface area contributed by atoms with E-state index in [9.17, 15) is 63.0 Å². The first-order valence-corrected chi connectivity index (χ1v) is 40.4. The number of hydrogen-bond donors (Lipinski definition) is 14. The Morgan fingerprint density at radius 3 is 1.71 bits per heavy atom. The highest BCUT2D eigenvalue weighted by atomic mass is 33.1.